The average molecular weight is 678 g/mol. The van der Waals surface area contributed by atoms with Gasteiger partial charge in [0.15, 0.2) is 0 Å². The Balaban J connectivity index is 1.23. The van der Waals surface area contributed by atoms with Crippen molar-refractivity contribution in [3.8, 4) is 22.3 Å². The summed E-state index contributed by atoms with van der Waals surface area (Å²) in [6.07, 6.45) is 0. The maximum absolute atomic E-state index is 6.57. The number of anilines is 3. The minimum atomic E-state index is 0.850. The van der Waals surface area contributed by atoms with E-state index in [0.717, 1.165) is 72.1 Å². The van der Waals surface area contributed by atoms with Gasteiger partial charge < -0.3 is 13.7 Å². The van der Waals surface area contributed by atoms with Crippen LogP contribution in [0.25, 0.3) is 87.7 Å². The summed E-state index contributed by atoms with van der Waals surface area (Å²) in [6.45, 7) is 0. The molecule has 2 aromatic heterocycles. The Morgan fingerprint density at radius 3 is 1.81 bits per heavy atom. The van der Waals surface area contributed by atoms with Gasteiger partial charge in [0, 0.05) is 44.5 Å². The molecule has 3 nitrogen and oxygen atoms in total. The predicted octanol–water partition coefficient (Wildman–Crippen LogP) is 14.6. The Labute approximate surface area is 305 Å². The monoisotopic (exact) mass is 677 g/mol. The topological polar surface area (TPSA) is 29.5 Å². The van der Waals surface area contributed by atoms with Crippen LogP contribution in [0, 0.1) is 0 Å². The third-order valence-electron chi connectivity index (χ3n) is 10.7. The van der Waals surface area contributed by atoms with Crippen molar-refractivity contribution in [3.63, 3.8) is 0 Å². The van der Waals surface area contributed by atoms with Gasteiger partial charge in [-0.25, -0.2) is 0 Å². The molecule has 2 heterocycles. The predicted molar refractivity (Wildman–Crippen MR) is 222 cm³/mol. The second-order valence-electron chi connectivity index (χ2n) is 13.6. The van der Waals surface area contributed by atoms with Crippen LogP contribution in [0.3, 0.4) is 0 Å². The quantitative estimate of drug-likeness (QED) is 0.170. The van der Waals surface area contributed by atoms with Crippen LogP contribution in [-0.2, 0) is 0 Å². The fourth-order valence-electron chi connectivity index (χ4n) is 8.24. The highest BCUT2D eigenvalue weighted by Crippen LogP contribution is 2.49. The van der Waals surface area contributed by atoms with E-state index in [1.165, 1.54) is 32.7 Å². The summed E-state index contributed by atoms with van der Waals surface area (Å²) < 4.78 is 13.0. The van der Waals surface area contributed by atoms with E-state index in [4.69, 9.17) is 8.83 Å². The van der Waals surface area contributed by atoms with Crippen molar-refractivity contribution in [2.24, 2.45) is 0 Å². The first-order valence-corrected chi connectivity index (χ1v) is 18.0. The first kappa shape index (κ1) is 29.6. The number of hydrogen-bond donors (Lipinski definition) is 0. The van der Waals surface area contributed by atoms with Crippen LogP contribution in [0.4, 0.5) is 17.1 Å². The lowest BCUT2D eigenvalue weighted by Crippen LogP contribution is -2.11. The standard InChI is InChI=1S/C50H31NO2/c1-2-11-32(12-3-1)33-21-24-35(25-22-33)51(36-26-28-41-40-15-6-8-19-45(40)53-48(41)31-36)44-29-30-47-50(43-16-7-9-20-46(43)52-47)49(44)42-18-10-17-38-37-14-5-4-13-34(37)23-27-39(38)42/h1-31H. The fraction of sp³-hybridized carbons (Fsp3) is 0. The highest BCUT2D eigenvalue weighted by atomic mass is 16.3. The molecule has 0 saturated heterocycles. The Morgan fingerprint density at radius 2 is 0.962 bits per heavy atom. The van der Waals surface area contributed by atoms with Crippen molar-refractivity contribution >= 4 is 82.5 Å². The van der Waals surface area contributed by atoms with E-state index in [-0.39, 0.29) is 0 Å². The molecule has 0 radical (unpaired) electrons. The number of fused-ring (bicyclic) bond motifs is 9. The van der Waals surface area contributed by atoms with Gasteiger partial charge in [-0.05, 0) is 86.8 Å². The summed E-state index contributed by atoms with van der Waals surface area (Å²) in [5.41, 5.74) is 11.2. The smallest absolute Gasteiger partial charge is 0.137 e. The number of furan rings is 2. The third-order valence-corrected chi connectivity index (χ3v) is 10.7. The summed E-state index contributed by atoms with van der Waals surface area (Å²) in [6, 6.07) is 66.8. The average Bonchev–Trinajstić information content (AvgIpc) is 3.79. The Hall–Kier alpha value is -7.10. The van der Waals surface area contributed by atoms with Crippen LogP contribution in [0.2, 0.25) is 0 Å². The Bertz CT molecular complexity index is 3170. The molecular formula is C50H31NO2. The summed E-state index contributed by atoms with van der Waals surface area (Å²) >= 11 is 0. The Morgan fingerprint density at radius 1 is 0.340 bits per heavy atom. The van der Waals surface area contributed by atoms with Gasteiger partial charge in [0.1, 0.15) is 22.3 Å². The number of para-hydroxylation sites is 2. The molecule has 0 unspecified atom stereocenters. The molecule has 0 N–H and O–H groups in total. The molecule has 0 aliphatic carbocycles. The van der Waals surface area contributed by atoms with Crippen LogP contribution in [-0.4, -0.2) is 0 Å². The number of benzene rings is 9. The fourth-order valence-corrected chi connectivity index (χ4v) is 8.24. The van der Waals surface area contributed by atoms with E-state index >= 15 is 0 Å². The molecule has 3 heteroatoms. The zero-order chi connectivity index (χ0) is 34.9. The lowest BCUT2D eigenvalue weighted by atomic mass is 9.90. The van der Waals surface area contributed by atoms with E-state index in [2.05, 4.69) is 175 Å². The second kappa shape index (κ2) is 11.7. The maximum atomic E-state index is 6.57. The minimum absolute atomic E-state index is 0.850. The van der Waals surface area contributed by atoms with Crippen LogP contribution < -0.4 is 4.90 Å². The highest BCUT2D eigenvalue weighted by molar-refractivity contribution is 6.21. The van der Waals surface area contributed by atoms with Crippen molar-refractivity contribution < 1.29 is 8.83 Å². The van der Waals surface area contributed by atoms with E-state index in [0.29, 0.717) is 0 Å². The van der Waals surface area contributed by atoms with E-state index in [1.807, 2.05) is 18.2 Å². The van der Waals surface area contributed by atoms with Crippen molar-refractivity contribution in [2.75, 3.05) is 4.90 Å². The molecule has 0 spiro atoms. The van der Waals surface area contributed by atoms with Crippen LogP contribution in [0.5, 0.6) is 0 Å². The molecule has 0 bridgehead atoms. The zero-order valence-corrected chi connectivity index (χ0v) is 28.7. The molecular weight excluding hydrogens is 647 g/mol. The van der Waals surface area contributed by atoms with E-state index < -0.39 is 0 Å². The third kappa shape index (κ3) is 4.68. The minimum Gasteiger partial charge on any atom is -0.456 e. The van der Waals surface area contributed by atoms with Crippen molar-refractivity contribution in [3.05, 3.63) is 188 Å². The molecule has 0 aliphatic rings. The van der Waals surface area contributed by atoms with Crippen molar-refractivity contribution in [1.29, 1.82) is 0 Å². The normalized spacial score (nSPS) is 11.8. The summed E-state index contributed by atoms with van der Waals surface area (Å²) in [5, 5.41) is 9.27. The summed E-state index contributed by atoms with van der Waals surface area (Å²) in [4.78, 5) is 2.37. The molecule has 0 fully saturated rings. The van der Waals surface area contributed by atoms with Crippen LogP contribution >= 0.6 is 0 Å². The lowest BCUT2D eigenvalue weighted by Gasteiger charge is -2.29. The molecule has 0 atom stereocenters. The second-order valence-corrected chi connectivity index (χ2v) is 13.6. The number of hydrogen-bond acceptors (Lipinski definition) is 3. The summed E-state index contributed by atoms with van der Waals surface area (Å²) in [7, 11) is 0. The van der Waals surface area contributed by atoms with Crippen molar-refractivity contribution in [2.45, 2.75) is 0 Å². The molecule has 11 aromatic rings. The molecule has 0 saturated carbocycles. The van der Waals surface area contributed by atoms with Gasteiger partial charge in [0.25, 0.3) is 0 Å². The number of rotatable bonds is 5. The van der Waals surface area contributed by atoms with Crippen LogP contribution in [0.15, 0.2) is 197 Å². The molecule has 0 amide bonds. The Kier molecular flexibility index (Phi) is 6.55. The molecule has 248 valence electrons. The maximum Gasteiger partial charge on any atom is 0.137 e. The van der Waals surface area contributed by atoms with Crippen LogP contribution in [0.1, 0.15) is 0 Å². The molecule has 0 aliphatic heterocycles. The van der Waals surface area contributed by atoms with Gasteiger partial charge in [0.2, 0.25) is 0 Å². The lowest BCUT2D eigenvalue weighted by molar-refractivity contribution is 0.668. The molecule has 11 rings (SSSR count). The highest BCUT2D eigenvalue weighted by Gasteiger charge is 2.24. The molecule has 53 heavy (non-hydrogen) atoms. The summed E-state index contributed by atoms with van der Waals surface area (Å²) in [5.74, 6) is 0. The first-order valence-electron chi connectivity index (χ1n) is 18.0. The van der Waals surface area contributed by atoms with Gasteiger partial charge in [-0.3, -0.25) is 0 Å². The van der Waals surface area contributed by atoms with Gasteiger partial charge in [-0.1, -0.05) is 133 Å². The SMILES string of the molecule is c1ccc(-c2ccc(N(c3ccc4c(c3)oc3ccccc34)c3ccc4oc5ccccc5c4c3-c3cccc4c3ccc3ccccc34)cc2)cc1. The zero-order valence-electron chi connectivity index (χ0n) is 28.7. The first-order chi connectivity index (χ1) is 26.3. The van der Waals surface area contributed by atoms with E-state index in [1.54, 1.807) is 0 Å². The van der Waals surface area contributed by atoms with Gasteiger partial charge in [0.05, 0.1) is 5.69 Å². The number of nitrogens with zero attached hydrogens (tertiary/aromatic N) is 1. The van der Waals surface area contributed by atoms with Gasteiger partial charge >= 0.3 is 0 Å². The van der Waals surface area contributed by atoms with E-state index in [9.17, 15) is 0 Å². The van der Waals surface area contributed by atoms with Gasteiger partial charge in [-0.2, -0.15) is 0 Å². The van der Waals surface area contributed by atoms with Gasteiger partial charge in [-0.15, -0.1) is 0 Å². The van der Waals surface area contributed by atoms with Crippen molar-refractivity contribution in [1.82, 2.24) is 0 Å². The molecule has 9 aromatic carbocycles. The largest absolute Gasteiger partial charge is 0.456 e.